The fourth-order valence-electron chi connectivity index (χ4n) is 2.47. The summed E-state index contributed by atoms with van der Waals surface area (Å²) in [6.45, 7) is 0. The highest BCUT2D eigenvalue weighted by atomic mass is 79.9. The first kappa shape index (κ1) is 12.3. The monoisotopic (exact) mass is 326 g/mol. The predicted octanol–water partition coefficient (Wildman–Crippen LogP) is 3.19. The van der Waals surface area contributed by atoms with Gasteiger partial charge in [-0.2, -0.15) is 16.7 Å². The van der Waals surface area contributed by atoms with E-state index >= 15 is 0 Å². The molecule has 1 fully saturated rings. The van der Waals surface area contributed by atoms with Crippen LogP contribution in [0.4, 0.5) is 5.95 Å². The Labute approximate surface area is 119 Å². The molecule has 1 aliphatic carbocycles. The Hall–Kier alpha value is -0.750. The first-order valence-corrected chi connectivity index (χ1v) is 8.16. The lowest BCUT2D eigenvalue weighted by Crippen LogP contribution is -2.26. The van der Waals surface area contributed by atoms with Crippen LogP contribution in [0.3, 0.4) is 0 Å². The molecule has 0 radical (unpaired) electrons. The van der Waals surface area contributed by atoms with Gasteiger partial charge in [0.1, 0.15) is 0 Å². The van der Waals surface area contributed by atoms with Crippen LogP contribution < -0.4 is 5.32 Å². The number of nitrogens with zero attached hydrogens (tertiary/aromatic N) is 3. The van der Waals surface area contributed by atoms with Crippen molar-refractivity contribution in [2.75, 3.05) is 11.6 Å². The third kappa shape index (κ3) is 2.23. The van der Waals surface area contributed by atoms with E-state index in [1.807, 2.05) is 30.1 Å². The minimum atomic E-state index is 0.496. The van der Waals surface area contributed by atoms with Crippen molar-refractivity contribution in [1.82, 2.24) is 14.6 Å². The Kier molecular flexibility index (Phi) is 3.48. The van der Waals surface area contributed by atoms with Crippen molar-refractivity contribution in [3.63, 3.8) is 0 Å². The average molecular weight is 327 g/mol. The zero-order valence-corrected chi connectivity index (χ0v) is 12.5. The van der Waals surface area contributed by atoms with E-state index in [0.29, 0.717) is 11.3 Å². The summed E-state index contributed by atoms with van der Waals surface area (Å²) in [4.78, 5) is 4.53. The largest absolute Gasteiger partial charge is 0.349 e. The predicted molar refractivity (Wildman–Crippen MR) is 79.3 cm³/mol. The molecule has 2 aromatic rings. The molecule has 2 atom stereocenters. The maximum atomic E-state index is 4.53. The molecule has 1 saturated carbocycles. The van der Waals surface area contributed by atoms with Gasteiger partial charge in [0, 0.05) is 17.5 Å². The fourth-order valence-corrected chi connectivity index (χ4v) is 3.83. The minimum Gasteiger partial charge on any atom is -0.349 e. The van der Waals surface area contributed by atoms with Crippen LogP contribution in [0, 0.1) is 0 Å². The van der Waals surface area contributed by atoms with E-state index in [1.54, 1.807) is 4.52 Å². The molecule has 1 aliphatic rings. The summed E-state index contributed by atoms with van der Waals surface area (Å²) in [6.07, 6.45) is 7.88. The number of hydrogen-bond donors (Lipinski definition) is 1. The van der Waals surface area contributed by atoms with Crippen LogP contribution in [0.2, 0.25) is 0 Å². The number of fused-ring (bicyclic) bond motifs is 1. The number of nitrogens with one attached hydrogen (secondary N) is 1. The van der Waals surface area contributed by atoms with E-state index in [2.05, 4.69) is 37.6 Å². The molecule has 0 aliphatic heterocycles. The number of thioether (sulfide) groups is 1. The maximum Gasteiger partial charge on any atom is 0.243 e. The first-order chi connectivity index (χ1) is 8.78. The Morgan fingerprint density at radius 1 is 1.50 bits per heavy atom. The van der Waals surface area contributed by atoms with Crippen LogP contribution in [-0.4, -0.2) is 32.1 Å². The van der Waals surface area contributed by atoms with Gasteiger partial charge in [-0.15, -0.1) is 5.10 Å². The SMILES string of the molecule is CSC1CCCC1Nc1nc2c(Br)cccn2n1. The standard InChI is InChI=1S/C12H15BrN4S/c1-18-10-6-2-5-9(10)14-12-15-11-8(13)4-3-7-17(11)16-12/h3-4,7,9-10H,2,5-6H2,1H3,(H,14,16). The van der Waals surface area contributed by atoms with Crippen LogP contribution >= 0.6 is 27.7 Å². The van der Waals surface area contributed by atoms with Crippen molar-refractivity contribution in [2.45, 2.75) is 30.6 Å². The van der Waals surface area contributed by atoms with Crippen LogP contribution in [0.15, 0.2) is 22.8 Å². The summed E-state index contributed by atoms with van der Waals surface area (Å²) in [5.74, 6) is 0.729. The zero-order chi connectivity index (χ0) is 12.5. The Balaban J connectivity index is 1.84. The van der Waals surface area contributed by atoms with E-state index in [1.165, 1.54) is 19.3 Å². The molecule has 0 amide bonds. The van der Waals surface area contributed by atoms with Crippen LogP contribution in [0.25, 0.3) is 5.65 Å². The molecular weight excluding hydrogens is 312 g/mol. The Bertz CT molecular complexity index is 556. The Morgan fingerprint density at radius 2 is 2.39 bits per heavy atom. The number of halogens is 1. The molecule has 3 rings (SSSR count). The summed E-state index contributed by atoms with van der Waals surface area (Å²) in [5, 5.41) is 8.62. The summed E-state index contributed by atoms with van der Waals surface area (Å²) in [7, 11) is 0. The van der Waals surface area contributed by atoms with Gasteiger partial charge in [-0.1, -0.05) is 6.42 Å². The highest BCUT2D eigenvalue weighted by molar-refractivity contribution is 9.10. The van der Waals surface area contributed by atoms with Crippen LogP contribution in [0.5, 0.6) is 0 Å². The van der Waals surface area contributed by atoms with Gasteiger partial charge in [-0.25, -0.2) is 4.52 Å². The van der Waals surface area contributed by atoms with Crippen molar-refractivity contribution in [2.24, 2.45) is 0 Å². The molecule has 0 saturated heterocycles. The second-order valence-corrected chi connectivity index (χ2v) is 6.45. The lowest BCUT2D eigenvalue weighted by atomic mass is 10.2. The van der Waals surface area contributed by atoms with E-state index in [0.717, 1.165) is 16.1 Å². The third-order valence-corrected chi connectivity index (χ3v) is 5.17. The zero-order valence-electron chi connectivity index (χ0n) is 10.1. The van der Waals surface area contributed by atoms with Crippen molar-refractivity contribution in [3.8, 4) is 0 Å². The number of hydrogen-bond acceptors (Lipinski definition) is 4. The number of rotatable bonds is 3. The van der Waals surface area contributed by atoms with E-state index in [-0.39, 0.29) is 0 Å². The van der Waals surface area contributed by atoms with Crippen LogP contribution in [-0.2, 0) is 0 Å². The summed E-state index contributed by atoms with van der Waals surface area (Å²) in [6, 6.07) is 4.43. The molecule has 2 aromatic heterocycles. The molecule has 0 bridgehead atoms. The molecule has 2 heterocycles. The lowest BCUT2D eigenvalue weighted by Gasteiger charge is -2.17. The van der Waals surface area contributed by atoms with Gasteiger partial charge in [0.2, 0.25) is 5.95 Å². The van der Waals surface area contributed by atoms with Gasteiger partial charge >= 0.3 is 0 Å². The smallest absolute Gasteiger partial charge is 0.243 e. The molecule has 2 unspecified atom stereocenters. The van der Waals surface area contributed by atoms with Crippen molar-refractivity contribution < 1.29 is 0 Å². The fraction of sp³-hybridized carbons (Fsp3) is 0.500. The number of pyridine rings is 1. The highest BCUT2D eigenvalue weighted by Crippen LogP contribution is 2.30. The van der Waals surface area contributed by atoms with Gasteiger partial charge in [-0.05, 0) is 47.2 Å². The van der Waals surface area contributed by atoms with E-state index < -0.39 is 0 Å². The lowest BCUT2D eigenvalue weighted by molar-refractivity contribution is 0.755. The first-order valence-electron chi connectivity index (χ1n) is 6.08. The topological polar surface area (TPSA) is 42.2 Å². The molecule has 18 heavy (non-hydrogen) atoms. The molecular formula is C12H15BrN4S. The van der Waals surface area contributed by atoms with Gasteiger partial charge < -0.3 is 5.32 Å². The van der Waals surface area contributed by atoms with Crippen molar-refractivity contribution in [1.29, 1.82) is 0 Å². The van der Waals surface area contributed by atoms with Gasteiger partial charge in [-0.3, -0.25) is 0 Å². The molecule has 1 N–H and O–H groups in total. The number of anilines is 1. The summed E-state index contributed by atoms with van der Waals surface area (Å²) in [5.41, 5.74) is 0.860. The van der Waals surface area contributed by atoms with Gasteiger partial charge in [0.25, 0.3) is 0 Å². The van der Waals surface area contributed by atoms with E-state index in [4.69, 9.17) is 0 Å². The van der Waals surface area contributed by atoms with Crippen molar-refractivity contribution in [3.05, 3.63) is 22.8 Å². The molecule has 0 aromatic carbocycles. The molecule has 96 valence electrons. The molecule has 0 spiro atoms. The van der Waals surface area contributed by atoms with Crippen LogP contribution in [0.1, 0.15) is 19.3 Å². The summed E-state index contributed by atoms with van der Waals surface area (Å²) >= 11 is 5.43. The summed E-state index contributed by atoms with van der Waals surface area (Å²) < 4.78 is 2.77. The minimum absolute atomic E-state index is 0.496. The van der Waals surface area contributed by atoms with Crippen molar-refractivity contribution >= 4 is 39.3 Å². The average Bonchev–Trinajstić information content (AvgIpc) is 2.96. The number of aromatic nitrogens is 3. The van der Waals surface area contributed by atoms with E-state index in [9.17, 15) is 0 Å². The molecule has 4 nitrogen and oxygen atoms in total. The molecule has 6 heteroatoms. The Morgan fingerprint density at radius 3 is 3.17 bits per heavy atom. The highest BCUT2D eigenvalue weighted by Gasteiger charge is 2.27. The second kappa shape index (κ2) is 5.09. The quantitative estimate of drug-likeness (QED) is 0.940. The second-order valence-electron chi connectivity index (χ2n) is 4.52. The third-order valence-electron chi connectivity index (χ3n) is 3.38. The normalized spacial score (nSPS) is 23.7. The maximum absolute atomic E-state index is 4.53. The van der Waals surface area contributed by atoms with Gasteiger partial charge in [0.15, 0.2) is 5.65 Å². The van der Waals surface area contributed by atoms with Gasteiger partial charge in [0.05, 0.1) is 4.47 Å².